The van der Waals surface area contributed by atoms with Crippen molar-refractivity contribution in [3.05, 3.63) is 29.8 Å². The molecule has 2 rings (SSSR count). The van der Waals surface area contributed by atoms with Gasteiger partial charge in [0.15, 0.2) is 0 Å². The second-order valence-corrected chi connectivity index (χ2v) is 5.30. The molecule has 3 heteroatoms. The van der Waals surface area contributed by atoms with E-state index in [0.717, 1.165) is 31.6 Å². The second kappa shape index (κ2) is 7.29. The van der Waals surface area contributed by atoms with Gasteiger partial charge in [-0.2, -0.15) is 0 Å². The first-order valence-corrected chi connectivity index (χ1v) is 7.40. The van der Waals surface area contributed by atoms with Gasteiger partial charge in [0.05, 0.1) is 0 Å². The van der Waals surface area contributed by atoms with Crippen LogP contribution in [0, 0.1) is 5.92 Å². The predicted octanol–water partition coefficient (Wildman–Crippen LogP) is 3.31. The number of hydrogen-bond acceptors (Lipinski definition) is 2. The summed E-state index contributed by atoms with van der Waals surface area (Å²) in [5, 5.41) is 6.36. The molecule has 1 aliphatic carbocycles. The molecule has 1 aromatic rings. The van der Waals surface area contributed by atoms with E-state index in [1.54, 1.807) is 0 Å². The fourth-order valence-corrected chi connectivity index (χ4v) is 2.64. The second-order valence-electron chi connectivity index (χ2n) is 5.30. The normalized spacial score (nSPS) is 16.3. The van der Waals surface area contributed by atoms with E-state index in [0.29, 0.717) is 0 Å². The van der Waals surface area contributed by atoms with Gasteiger partial charge in [0.2, 0.25) is 5.91 Å². The number of carbonyl (C=O) groups is 1. The van der Waals surface area contributed by atoms with Crippen LogP contribution < -0.4 is 10.6 Å². The van der Waals surface area contributed by atoms with Crippen LogP contribution >= 0.6 is 0 Å². The fourth-order valence-electron chi connectivity index (χ4n) is 2.64. The summed E-state index contributed by atoms with van der Waals surface area (Å²) in [6.45, 7) is 3.90. The zero-order valence-corrected chi connectivity index (χ0v) is 11.7. The van der Waals surface area contributed by atoms with Crippen LogP contribution in [0.25, 0.3) is 0 Å². The highest BCUT2D eigenvalue weighted by atomic mass is 16.1. The highest BCUT2D eigenvalue weighted by molar-refractivity contribution is 5.92. The van der Waals surface area contributed by atoms with Crippen LogP contribution in [-0.4, -0.2) is 12.5 Å². The van der Waals surface area contributed by atoms with E-state index in [4.69, 9.17) is 0 Å². The predicted molar refractivity (Wildman–Crippen MR) is 79.0 cm³/mol. The highest BCUT2D eigenvalue weighted by Gasteiger charge is 2.20. The van der Waals surface area contributed by atoms with Gasteiger partial charge in [-0.3, -0.25) is 4.79 Å². The first-order chi connectivity index (χ1) is 9.29. The molecule has 3 nitrogen and oxygen atoms in total. The van der Waals surface area contributed by atoms with Gasteiger partial charge in [0.25, 0.3) is 0 Å². The molecule has 0 heterocycles. The summed E-state index contributed by atoms with van der Waals surface area (Å²) in [6.07, 6.45) is 5.75. The van der Waals surface area contributed by atoms with Gasteiger partial charge in [-0.05, 0) is 37.1 Å². The lowest BCUT2D eigenvalue weighted by Crippen LogP contribution is -2.24. The molecule has 1 aromatic carbocycles. The Morgan fingerprint density at radius 1 is 1.26 bits per heavy atom. The minimum absolute atomic E-state index is 0.195. The van der Waals surface area contributed by atoms with Crippen LogP contribution in [0.15, 0.2) is 24.3 Å². The molecule has 0 spiro atoms. The topological polar surface area (TPSA) is 41.1 Å². The average Bonchev–Trinajstić information content (AvgIpc) is 2.46. The summed E-state index contributed by atoms with van der Waals surface area (Å²) in [7, 11) is 0. The van der Waals surface area contributed by atoms with Crippen molar-refractivity contribution in [3.8, 4) is 0 Å². The summed E-state index contributed by atoms with van der Waals surface area (Å²) < 4.78 is 0. The zero-order chi connectivity index (χ0) is 13.5. The van der Waals surface area contributed by atoms with Gasteiger partial charge in [-0.1, -0.05) is 38.3 Å². The molecule has 0 bridgehead atoms. The molecule has 104 valence electrons. The quantitative estimate of drug-likeness (QED) is 0.852. The molecule has 0 aromatic heterocycles. The third kappa shape index (κ3) is 4.35. The van der Waals surface area contributed by atoms with E-state index in [2.05, 4.69) is 29.7 Å². The fraction of sp³-hybridized carbons (Fsp3) is 0.562. The average molecular weight is 260 g/mol. The van der Waals surface area contributed by atoms with Crippen molar-refractivity contribution < 1.29 is 4.79 Å². The maximum atomic E-state index is 12.2. The number of benzene rings is 1. The number of carbonyl (C=O) groups excluding carboxylic acids is 1. The van der Waals surface area contributed by atoms with E-state index in [1.807, 2.05) is 12.1 Å². The molecule has 0 aliphatic heterocycles. The Labute approximate surface area is 115 Å². The molecular weight excluding hydrogens is 236 g/mol. The van der Waals surface area contributed by atoms with E-state index >= 15 is 0 Å². The summed E-state index contributed by atoms with van der Waals surface area (Å²) in [5.74, 6) is 0.409. The molecule has 1 aliphatic rings. The minimum atomic E-state index is 0.195. The Balaban J connectivity index is 1.92. The summed E-state index contributed by atoms with van der Waals surface area (Å²) in [6, 6.07) is 8.11. The number of anilines is 1. The van der Waals surface area contributed by atoms with Crippen molar-refractivity contribution in [2.24, 2.45) is 5.92 Å². The molecule has 0 radical (unpaired) electrons. The maximum Gasteiger partial charge on any atom is 0.227 e. The largest absolute Gasteiger partial charge is 0.326 e. The van der Waals surface area contributed by atoms with Gasteiger partial charge < -0.3 is 10.6 Å². The van der Waals surface area contributed by atoms with Gasteiger partial charge in [0.1, 0.15) is 0 Å². The lowest BCUT2D eigenvalue weighted by atomic mass is 9.88. The van der Waals surface area contributed by atoms with E-state index in [9.17, 15) is 4.79 Å². The van der Waals surface area contributed by atoms with Crippen LogP contribution in [0.2, 0.25) is 0 Å². The van der Waals surface area contributed by atoms with Crippen molar-refractivity contribution in [2.45, 2.75) is 45.6 Å². The van der Waals surface area contributed by atoms with Gasteiger partial charge in [-0.25, -0.2) is 0 Å². The van der Waals surface area contributed by atoms with Crippen LogP contribution in [0.3, 0.4) is 0 Å². The smallest absolute Gasteiger partial charge is 0.227 e. The summed E-state index contributed by atoms with van der Waals surface area (Å²) in [5.41, 5.74) is 2.13. The SMILES string of the molecule is CCNCc1cccc(NC(=O)C2CCCCC2)c1. The van der Waals surface area contributed by atoms with Crippen LogP contribution in [0.5, 0.6) is 0 Å². The molecule has 0 saturated heterocycles. The van der Waals surface area contributed by atoms with Gasteiger partial charge in [0, 0.05) is 18.2 Å². The number of rotatable bonds is 5. The van der Waals surface area contributed by atoms with Crippen LogP contribution in [0.4, 0.5) is 5.69 Å². The molecule has 0 atom stereocenters. The molecule has 1 fully saturated rings. The van der Waals surface area contributed by atoms with Crippen molar-refractivity contribution in [1.29, 1.82) is 0 Å². The monoisotopic (exact) mass is 260 g/mol. The number of amides is 1. The van der Waals surface area contributed by atoms with Crippen LogP contribution in [0.1, 0.15) is 44.6 Å². The molecule has 2 N–H and O–H groups in total. The highest BCUT2D eigenvalue weighted by Crippen LogP contribution is 2.25. The Bertz CT molecular complexity index is 411. The van der Waals surface area contributed by atoms with Gasteiger partial charge >= 0.3 is 0 Å². The van der Waals surface area contributed by atoms with Crippen molar-refractivity contribution in [1.82, 2.24) is 5.32 Å². The Hall–Kier alpha value is -1.35. The third-order valence-corrected chi connectivity index (χ3v) is 3.75. The molecular formula is C16H24N2O. The first-order valence-electron chi connectivity index (χ1n) is 7.40. The van der Waals surface area contributed by atoms with E-state index in [-0.39, 0.29) is 11.8 Å². The maximum absolute atomic E-state index is 12.2. The van der Waals surface area contributed by atoms with Crippen molar-refractivity contribution >= 4 is 11.6 Å². The van der Waals surface area contributed by atoms with Crippen molar-refractivity contribution in [3.63, 3.8) is 0 Å². The zero-order valence-electron chi connectivity index (χ0n) is 11.7. The number of nitrogens with one attached hydrogen (secondary N) is 2. The van der Waals surface area contributed by atoms with E-state index in [1.165, 1.54) is 24.8 Å². The standard InChI is InChI=1S/C16H24N2O/c1-2-17-12-13-7-6-10-15(11-13)18-16(19)14-8-4-3-5-9-14/h6-7,10-11,14,17H,2-5,8-9,12H2,1H3,(H,18,19). The minimum Gasteiger partial charge on any atom is -0.326 e. The van der Waals surface area contributed by atoms with Gasteiger partial charge in [-0.15, -0.1) is 0 Å². The molecule has 1 amide bonds. The third-order valence-electron chi connectivity index (χ3n) is 3.75. The van der Waals surface area contributed by atoms with Crippen LogP contribution in [-0.2, 0) is 11.3 Å². The van der Waals surface area contributed by atoms with E-state index < -0.39 is 0 Å². The lowest BCUT2D eigenvalue weighted by molar-refractivity contribution is -0.120. The summed E-state index contributed by atoms with van der Waals surface area (Å²) in [4.78, 5) is 12.2. The molecule has 0 unspecified atom stereocenters. The van der Waals surface area contributed by atoms with Crippen molar-refractivity contribution in [2.75, 3.05) is 11.9 Å². The Morgan fingerprint density at radius 2 is 2.05 bits per heavy atom. The summed E-state index contributed by atoms with van der Waals surface area (Å²) >= 11 is 0. The Morgan fingerprint density at radius 3 is 2.79 bits per heavy atom. The number of hydrogen-bond donors (Lipinski definition) is 2. The Kier molecular flexibility index (Phi) is 5.40. The molecule has 1 saturated carbocycles. The lowest BCUT2D eigenvalue weighted by Gasteiger charge is -2.20. The first kappa shape index (κ1) is 14.1. The molecule has 19 heavy (non-hydrogen) atoms.